The van der Waals surface area contributed by atoms with E-state index in [1.54, 1.807) is 12.1 Å². The average Bonchev–Trinajstić information content (AvgIpc) is 3.50. The van der Waals surface area contributed by atoms with Gasteiger partial charge in [-0.3, -0.25) is 14.9 Å². The summed E-state index contributed by atoms with van der Waals surface area (Å²) in [5, 5.41) is 25.1. The molecule has 4 aromatic rings. The monoisotopic (exact) mass is 513 g/mol. The van der Waals surface area contributed by atoms with Crippen LogP contribution >= 0.6 is 0 Å². The fourth-order valence-electron chi connectivity index (χ4n) is 5.98. The van der Waals surface area contributed by atoms with Crippen LogP contribution in [0.15, 0.2) is 46.9 Å². The number of amides is 2. The highest BCUT2D eigenvalue weighted by atomic mass is 16.6. The Hall–Kier alpha value is -4.67. The minimum absolute atomic E-state index is 0.0891. The summed E-state index contributed by atoms with van der Waals surface area (Å²) in [5.41, 5.74) is 3.83. The van der Waals surface area contributed by atoms with Crippen LogP contribution in [-0.2, 0) is 5.54 Å². The van der Waals surface area contributed by atoms with Gasteiger partial charge in [-0.2, -0.15) is 0 Å². The van der Waals surface area contributed by atoms with Crippen molar-refractivity contribution in [3.63, 3.8) is 0 Å². The van der Waals surface area contributed by atoms with Crippen LogP contribution in [0.2, 0.25) is 0 Å². The van der Waals surface area contributed by atoms with E-state index in [4.69, 9.17) is 4.42 Å². The number of aromatic nitrogens is 2. The average molecular weight is 514 g/mol. The Morgan fingerprint density at radius 3 is 2.71 bits per heavy atom. The predicted molar refractivity (Wildman–Crippen MR) is 138 cm³/mol. The second-order valence-electron chi connectivity index (χ2n) is 10.2. The number of nitro groups is 1. The topological polar surface area (TPSA) is 144 Å². The second kappa shape index (κ2) is 7.91. The van der Waals surface area contributed by atoms with Crippen LogP contribution < -0.4 is 5.32 Å². The van der Waals surface area contributed by atoms with Gasteiger partial charge in [-0.15, -0.1) is 0 Å². The van der Waals surface area contributed by atoms with Gasteiger partial charge in [0.2, 0.25) is 5.89 Å². The molecule has 2 aromatic heterocycles. The molecule has 4 heterocycles. The van der Waals surface area contributed by atoms with Crippen LogP contribution in [0.25, 0.3) is 39.0 Å². The van der Waals surface area contributed by atoms with Gasteiger partial charge in [0.15, 0.2) is 11.1 Å². The van der Waals surface area contributed by atoms with Gasteiger partial charge in [0.05, 0.1) is 16.0 Å². The Morgan fingerprint density at radius 2 is 2.03 bits per heavy atom. The summed E-state index contributed by atoms with van der Waals surface area (Å²) >= 11 is 0. The first-order chi connectivity index (χ1) is 18.3. The molecule has 11 heteroatoms. The van der Waals surface area contributed by atoms with Crippen LogP contribution in [0.3, 0.4) is 0 Å². The third-order valence-electron chi connectivity index (χ3n) is 8.14. The van der Waals surface area contributed by atoms with Crippen molar-refractivity contribution in [2.75, 3.05) is 19.6 Å². The maximum atomic E-state index is 12.6. The lowest BCUT2D eigenvalue weighted by molar-refractivity contribution is -0.383. The zero-order valence-corrected chi connectivity index (χ0v) is 20.3. The van der Waals surface area contributed by atoms with Gasteiger partial charge in [0.25, 0.3) is 11.6 Å². The number of carboxylic acid groups (broad SMARTS) is 1. The van der Waals surface area contributed by atoms with Crippen molar-refractivity contribution in [3.05, 3.63) is 63.8 Å². The fourth-order valence-corrected chi connectivity index (χ4v) is 5.98. The fraction of sp³-hybridized carbons (Fsp3) is 0.296. The number of benzene rings is 2. The van der Waals surface area contributed by atoms with Crippen LogP contribution in [0.4, 0.5) is 10.5 Å². The molecule has 1 aliphatic carbocycles. The lowest BCUT2D eigenvalue weighted by Gasteiger charge is -2.47. The van der Waals surface area contributed by atoms with Gasteiger partial charge >= 0.3 is 6.09 Å². The van der Waals surface area contributed by atoms with E-state index in [-0.39, 0.29) is 40.7 Å². The van der Waals surface area contributed by atoms with Crippen molar-refractivity contribution >= 4 is 45.3 Å². The number of rotatable bonds is 3. The van der Waals surface area contributed by atoms with E-state index in [0.29, 0.717) is 36.3 Å². The van der Waals surface area contributed by atoms with Crippen LogP contribution in [0.5, 0.6) is 0 Å². The largest absolute Gasteiger partial charge is 0.465 e. The molecule has 192 valence electrons. The summed E-state index contributed by atoms with van der Waals surface area (Å²) in [7, 11) is 0. The molecule has 0 radical (unpaired) electrons. The molecular formula is C27H23N5O6. The number of fused-ring (bicyclic) bond motifs is 5. The van der Waals surface area contributed by atoms with E-state index in [2.05, 4.69) is 14.9 Å². The van der Waals surface area contributed by atoms with Crippen molar-refractivity contribution < 1.29 is 24.0 Å². The predicted octanol–water partition coefficient (Wildman–Crippen LogP) is 4.75. The van der Waals surface area contributed by atoms with Crippen molar-refractivity contribution in [3.8, 4) is 11.5 Å². The van der Waals surface area contributed by atoms with Crippen LogP contribution in [-0.4, -0.2) is 56.1 Å². The summed E-state index contributed by atoms with van der Waals surface area (Å²) in [4.78, 5) is 41.1. The minimum Gasteiger partial charge on any atom is -0.465 e. The smallest absolute Gasteiger partial charge is 0.407 e. The molecule has 3 aliphatic rings. The van der Waals surface area contributed by atoms with Crippen LogP contribution in [0.1, 0.15) is 41.7 Å². The number of carbonyl (C=O) groups excluding carboxylic acids is 1. The van der Waals surface area contributed by atoms with Gasteiger partial charge in [0, 0.05) is 36.7 Å². The first kappa shape index (κ1) is 22.5. The molecule has 2 aromatic carbocycles. The number of nitrogens with one attached hydrogen (secondary N) is 1. The Kier molecular flexibility index (Phi) is 4.69. The first-order valence-electron chi connectivity index (χ1n) is 12.5. The molecule has 0 atom stereocenters. The number of nitrogens with zero attached hydrogens (tertiary/aromatic N) is 4. The van der Waals surface area contributed by atoms with Gasteiger partial charge in [-0.05, 0) is 61.1 Å². The standard InChI is InChI=1S/C27H23N5O6/c33-24-21-10-16-2-3-17(11-19(16)31(21)27(14-28-24)6-1-7-27)25-29-23-20(32(36)37)12-18(13-22(23)38-25)15-4-8-30(9-5-15)26(34)35/h2-4,10-13H,1,5-9,14H2,(H,28,33)(H,34,35). The van der Waals surface area contributed by atoms with E-state index in [1.807, 2.05) is 24.3 Å². The second-order valence-corrected chi connectivity index (χ2v) is 10.2. The Bertz CT molecular complexity index is 1730. The van der Waals surface area contributed by atoms with E-state index in [1.165, 1.54) is 11.0 Å². The van der Waals surface area contributed by atoms with E-state index in [9.17, 15) is 24.8 Å². The highest BCUT2D eigenvalue weighted by molar-refractivity contribution is 6.01. The van der Waals surface area contributed by atoms with Crippen LogP contribution in [0, 0.1) is 10.1 Å². The molecule has 2 N–H and O–H groups in total. The minimum atomic E-state index is -0.994. The number of carbonyl (C=O) groups is 2. The normalized spacial score (nSPS) is 18.3. The van der Waals surface area contributed by atoms with Gasteiger partial charge in [-0.1, -0.05) is 12.1 Å². The van der Waals surface area contributed by atoms with E-state index >= 15 is 0 Å². The summed E-state index contributed by atoms with van der Waals surface area (Å²) in [6.45, 7) is 1.14. The van der Waals surface area contributed by atoms with Crippen molar-refractivity contribution in [2.24, 2.45) is 0 Å². The molecule has 2 aliphatic heterocycles. The highest BCUT2D eigenvalue weighted by Crippen LogP contribution is 2.45. The molecular weight excluding hydrogens is 490 g/mol. The number of non-ortho nitro benzene ring substituents is 1. The van der Waals surface area contributed by atoms with Crippen molar-refractivity contribution in [2.45, 2.75) is 31.2 Å². The summed E-state index contributed by atoms with van der Waals surface area (Å²) in [6.07, 6.45) is 4.32. The number of nitro benzene ring substituents is 1. The summed E-state index contributed by atoms with van der Waals surface area (Å²) in [6, 6.07) is 10.8. The number of hydrogen-bond acceptors (Lipinski definition) is 6. The maximum absolute atomic E-state index is 12.6. The molecule has 11 nitrogen and oxygen atoms in total. The SMILES string of the molecule is O=C1NCC2(CCC2)n2c1cc1ccc(-c3nc4c([N+](=O)[O-])cc(C5=CCN(C(=O)O)CC5)cc4o3)cc12. The molecule has 0 bridgehead atoms. The molecule has 7 rings (SSSR count). The summed E-state index contributed by atoms with van der Waals surface area (Å²) < 4.78 is 8.23. The molecule has 1 spiro atoms. The number of hydrogen-bond donors (Lipinski definition) is 2. The summed E-state index contributed by atoms with van der Waals surface area (Å²) in [5.74, 6) is 0.170. The molecule has 38 heavy (non-hydrogen) atoms. The van der Waals surface area contributed by atoms with Crippen molar-refractivity contribution in [1.29, 1.82) is 0 Å². The van der Waals surface area contributed by atoms with Gasteiger partial charge in [-0.25, -0.2) is 9.78 Å². The molecule has 2 amide bonds. The lowest BCUT2D eigenvalue weighted by Crippen LogP contribution is -2.55. The van der Waals surface area contributed by atoms with E-state index < -0.39 is 11.0 Å². The molecule has 0 unspecified atom stereocenters. The molecule has 0 saturated heterocycles. The van der Waals surface area contributed by atoms with Gasteiger partial charge < -0.3 is 24.3 Å². The third kappa shape index (κ3) is 3.24. The quantitative estimate of drug-likeness (QED) is 0.297. The Morgan fingerprint density at radius 1 is 1.18 bits per heavy atom. The molecule has 1 saturated carbocycles. The maximum Gasteiger partial charge on any atom is 0.407 e. The first-order valence-corrected chi connectivity index (χ1v) is 12.5. The molecule has 1 fully saturated rings. The Labute approximate surface area is 215 Å². The van der Waals surface area contributed by atoms with Crippen molar-refractivity contribution in [1.82, 2.24) is 19.8 Å². The number of oxazole rings is 1. The highest BCUT2D eigenvalue weighted by Gasteiger charge is 2.44. The zero-order chi connectivity index (χ0) is 26.2. The van der Waals surface area contributed by atoms with E-state index in [0.717, 1.165) is 35.7 Å². The lowest BCUT2D eigenvalue weighted by atomic mass is 9.75. The third-order valence-corrected chi connectivity index (χ3v) is 8.14. The zero-order valence-electron chi connectivity index (χ0n) is 20.3. The Balaban J connectivity index is 1.33. The van der Waals surface area contributed by atoms with Gasteiger partial charge in [0.1, 0.15) is 5.69 Å².